The number of hydrogen-bond acceptors (Lipinski definition) is 7. The van der Waals surface area contributed by atoms with Crippen molar-refractivity contribution < 1.29 is 34.0 Å². The van der Waals surface area contributed by atoms with Gasteiger partial charge in [-0.05, 0) is 94.0 Å². The third kappa shape index (κ3) is 11.4. The van der Waals surface area contributed by atoms with Crippen molar-refractivity contribution in [3.05, 3.63) is 78.4 Å². The summed E-state index contributed by atoms with van der Waals surface area (Å²) >= 11 is 0. The third-order valence-corrected chi connectivity index (χ3v) is 8.99. The third-order valence-electron chi connectivity index (χ3n) is 8.99. The Kier molecular flexibility index (Phi) is 13.6. The molecule has 1 aliphatic carbocycles. The maximum absolute atomic E-state index is 12.4. The van der Waals surface area contributed by atoms with E-state index in [4.69, 9.17) is 14.2 Å². The van der Waals surface area contributed by atoms with Gasteiger partial charge in [0.25, 0.3) is 0 Å². The van der Waals surface area contributed by atoms with Crippen LogP contribution >= 0.6 is 0 Å². The number of carbonyl (C=O) groups excluding carboxylic acids is 2. The average Bonchev–Trinajstić information content (AvgIpc) is 3.03. The van der Waals surface area contributed by atoms with Crippen molar-refractivity contribution in [1.82, 2.24) is 0 Å². The first-order chi connectivity index (χ1) is 21.7. The normalized spacial score (nSPS) is 17.0. The van der Waals surface area contributed by atoms with Gasteiger partial charge < -0.3 is 24.4 Å². The molecule has 2 aromatic carbocycles. The summed E-state index contributed by atoms with van der Waals surface area (Å²) in [5.74, 6) is 0.127. The van der Waals surface area contributed by atoms with Gasteiger partial charge in [0.2, 0.25) is 0 Å². The molecule has 0 bridgehead atoms. The first-order valence-corrected chi connectivity index (χ1v) is 16.7. The lowest BCUT2D eigenvalue weighted by atomic mass is 9.77. The molecule has 1 fully saturated rings. The number of aliphatic hydroxyl groups is 2. The number of rotatable bonds is 17. The van der Waals surface area contributed by atoms with Gasteiger partial charge in [-0.1, -0.05) is 82.2 Å². The molecule has 3 rings (SSSR count). The number of hydrogen-bond donors (Lipinski definition) is 2. The zero-order valence-electron chi connectivity index (χ0n) is 28.5. The van der Waals surface area contributed by atoms with Gasteiger partial charge in [0, 0.05) is 0 Å². The van der Waals surface area contributed by atoms with Crippen LogP contribution in [0.3, 0.4) is 0 Å². The van der Waals surface area contributed by atoms with Crippen LogP contribution in [-0.4, -0.2) is 53.2 Å². The smallest absolute Gasteiger partial charge is 0.336 e. The molecular weight excluding hydrogens is 580 g/mol. The SMILES string of the molecule is C=C(C(=O)OCC(COC(=O)C(=C)C(C)(C)O)COc1ccc(-c2ccc(C3CCC(CCCCC)CC3)cc2)cc1)C(C)(C)O. The standard InChI is InChI=1S/C39H54O7/c1-8-9-10-11-29-12-14-31(15-13-29)32-16-18-33(19-17-32)34-20-22-35(23-21-34)44-24-30(25-45-36(40)27(2)38(4,5)42)26-46-37(41)28(3)39(6,7)43/h16-23,29-31,42-43H,2-3,8-15,24-26H2,1,4-7H3. The van der Waals surface area contributed by atoms with Crippen molar-refractivity contribution in [2.75, 3.05) is 19.8 Å². The molecule has 0 spiro atoms. The van der Waals surface area contributed by atoms with Gasteiger partial charge in [0.1, 0.15) is 19.0 Å². The maximum Gasteiger partial charge on any atom is 0.336 e. The summed E-state index contributed by atoms with van der Waals surface area (Å²) in [7, 11) is 0. The molecule has 252 valence electrons. The van der Waals surface area contributed by atoms with Crippen molar-refractivity contribution in [2.45, 2.75) is 103 Å². The monoisotopic (exact) mass is 634 g/mol. The summed E-state index contributed by atoms with van der Waals surface area (Å²) in [5.41, 5.74) is 0.597. The second-order valence-electron chi connectivity index (χ2n) is 13.8. The minimum absolute atomic E-state index is 0.0828. The second-order valence-corrected chi connectivity index (χ2v) is 13.8. The van der Waals surface area contributed by atoms with E-state index < -0.39 is 29.1 Å². The van der Waals surface area contributed by atoms with E-state index >= 15 is 0 Å². The summed E-state index contributed by atoms with van der Waals surface area (Å²) in [6, 6.07) is 16.7. The number of esters is 2. The fourth-order valence-corrected chi connectivity index (χ4v) is 5.58. The second kappa shape index (κ2) is 16.9. The number of benzene rings is 2. The van der Waals surface area contributed by atoms with E-state index in [9.17, 15) is 19.8 Å². The molecule has 0 amide bonds. The Hall–Kier alpha value is -3.42. The fourth-order valence-electron chi connectivity index (χ4n) is 5.58. The highest BCUT2D eigenvalue weighted by molar-refractivity contribution is 5.90. The molecular formula is C39H54O7. The quantitative estimate of drug-likeness (QED) is 0.103. The number of ether oxygens (including phenoxy) is 3. The van der Waals surface area contributed by atoms with Crippen molar-refractivity contribution in [3.63, 3.8) is 0 Å². The Balaban J connectivity index is 1.57. The molecule has 46 heavy (non-hydrogen) atoms. The summed E-state index contributed by atoms with van der Waals surface area (Å²) in [6.45, 7) is 15.1. The van der Waals surface area contributed by atoms with Crippen LogP contribution < -0.4 is 4.74 Å². The van der Waals surface area contributed by atoms with E-state index in [-0.39, 0.29) is 31.0 Å². The van der Waals surface area contributed by atoms with E-state index in [0.717, 1.165) is 17.0 Å². The molecule has 2 aromatic rings. The lowest BCUT2D eigenvalue weighted by Crippen LogP contribution is -2.32. The maximum atomic E-state index is 12.4. The summed E-state index contributed by atoms with van der Waals surface area (Å²) in [6.07, 6.45) is 10.7. The predicted molar refractivity (Wildman–Crippen MR) is 182 cm³/mol. The highest BCUT2D eigenvalue weighted by Crippen LogP contribution is 2.38. The van der Waals surface area contributed by atoms with Crippen LogP contribution in [0.1, 0.15) is 97.5 Å². The average molecular weight is 635 g/mol. The Labute approximate surface area is 275 Å². The molecule has 0 unspecified atom stereocenters. The highest BCUT2D eigenvalue weighted by Gasteiger charge is 2.28. The van der Waals surface area contributed by atoms with Gasteiger partial charge in [0.15, 0.2) is 0 Å². The number of unbranched alkanes of at least 4 members (excludes halogenated alkanes) is 2. The summed E-state index contributed by atoms with van der Waals surface area (Å²) < 4.78 is 16.7. The van der Waals surface area contributed by atoms with E-state index in [1.807, 2.05) is 24.3 Å². The summed E-state index contributed by atoms with van der Waals surface area (Å²) in [5, 5.41) is 20.2. The fraction of sp³-hybridized carbons (Fsp3) is 0.538. The van der Waals surface area contributed by atoms with E-state index in [1.54, 1.807) is 0 Å². The minimum Gasteiger partial charge on any atom is -0.493 e. The highest BCUT2D eigenvalue weighted by atomic mass is 16.6. The molecule has 0 aliphatic heterocycles. The largest absolute Gasteiger partial charge is 0.493 e. The van der Waals surface area contributed by atoms with Crippen LogP contribution in [0.25, 0.3) is 11.1 Å². The molecule has 0 aromatic heterocycles. The van der Waals surface area contributed by atoms with Crippen molar-refractivity contribution >= 4 is 11.9 Å². The van der Waals surface area contributed by atoms with Crippen LogP contribution in [0.2, 0.25) is 0 Å². The van der Waals surface area contributed by atoms with E-state index in [1.165, 1.54) is 84.6 Å². The zero-order chi connectivity index (χ0) is 33.9. The topological polar surface area (TPSA) is 102 Å². The lowest BCUT2D eigenvalue weighted by Gasteiger charge is -2.29. The van der Waals surface area contributed by atoms with Crippen molar-refractivity contribution in [3.8, 4) is 16.9 Å². The molecule has 0 saturated heterocycles. The van der Waals surface area contributed by atoms with Crippen molar-refractivity contribution in [2.24, 2.45) is 11.8 Å². The summed E-state index contributed by atoms with van der Waals surface area (Å²) in [4.78, 5) is 24.8. The predicted octanol–water partition coefficient (Wildman–Crippen LogP) is 7.94. The molecule has 0 radical (unpaired) electrons. The van der Waals surface area contributed by atoms with Gasteiger partial charge in [-0.25, -0.2) is 9.59 Å². The Morgan fingerprint density at radius 3 is 1.70 bits per heavy atom. The molecule has 7 nitrogen and oxygen atoms in total. The van der Waals surface area contributed by atoms with Crippen LogP contribution in [0.5, 0.6) is 5.75 Å². The van der Waals surface area contributed by atoms with E-state index in [2.05, 4.69) is 44.3 Å². The van der Waals surface area contributed by atoms with Crippen LogP contribution in [-0.2, 0) is 19.1 Å². The molecule has 2 N–H and O–H groups in total. The van der Waals surface area contributed by atoms with Gasteiger partial charge in [-0.3, -0.25) is 0 Å². The van der Waals surface area contributed by atoms with Crippen molar-refractivity contribution in [1.29, 1.82) is 0 Å². The molecule has 1 aliphatic rings. The first kappa shape index (κ1) is 37.0. The van der Waals surface area contributed by atoms with Gasteiger partial charge in [0.05, 0.1) is 34.9 Å². The van der Waals surface area contributed by atoms with Crippen LogP contribution in [0.15, 0.2) is 72.8 Å². The van der Waals surface area contributed by atoms with Gasteiger partial charge in [-0.15, -0.1) is 0 Å². The minimum atomic E-state index is -1.44. The van der Waals surface area contributed by atoms with Gasteiger partial charge >= 0.3 is 11.9 Å². The van der Waals surface area contributed by atoms with Gasteiger partial charge in [-0.2, -0.15) is 0 Å². The van der Waals surface area contributed by atoms with E-state index in [0.29, 0.717) is 11.7 Å². The first-order valence-electron chi connectivity index (χ1n) is 16.7. The molecule has 7 heteroatoms. The molecule has 0 atom stereocenters. The molecule has 0 heterocycles. The molecule has 1 saturated carbocycles. The Morgan fingerprint density at radius 2 is 1.24 bits per heavy atom. The van der Waals surface area contributed by atoms with Crippen LogP contribution in [0.4, 0.5) is 0 Å². The Bertz CT molecular complexity index is 1250. The Morgan fingerprint density at radius 1 is 0.761 bits per heavy atom. The van der Waals surface area contributed by atoms with Crippen LogP contribution in [0, 0.1) is 11.8 Å². The lowest BCUT2D eigenvalue weighted by molar-refractivity contribution is -0.146. The zero-order valence-corrected chi connectivity index (χ0v) is 28.5. The number of carbonyl (C=O) groups is 2.